The van der Waals surface area contributed by atoms with Crippen molar-refractivity contribution in [3.63, 3.8) is 0 Å². The van der Waals surface area contributed by atoms with Gasteiger partial charge in [-0.1, -0.05) is 26.2 Å². The van der Waals surface area contributed by atoms with E-state index in [2.05, 4.69) is 6.92 Å². The molecule has 0 aliphatic carbocycles. The maximum absolute atomic E-state index is 8.33. The van der Waals surface area contributed by atoms with Gasteiger partial charge >= 0.3 is 23.2 Å². The van der Waals surface area contributed by atoms with Crippen molar-refractivity contribution in [3.8, 4) is 0 Å². The van der Waals surface area contributed by atoms with Gasteiger partial charge in [0, 0.05) is 6.61 Å². The van der Waals surface area contributed by atoms with E-state index >= 15 is 0 Å². The van der Waals surface area contributed by atoms with Gasteiger partial charge in [0.1, 0.15) is 0 Å². The summed E-state index contributed by atoms with van der Waals surface area (Å²) >= 11 is 0.333. The minimum absolute atomic E-state index is 0.333. The average molecular weight is 302 g/mol. The molecule has 0 aromatic rings. The summed E-state index contributed by atoms with van der Waals surface area (Å²) in [5.74, 6) is 0. The van der Waals surface area contributed by atoms with Crippen LogP contribution in [0.1, 0.15) is 32.6 Å². The van der Waals surface area contributed by atoms with Crippen LogP contribution in [-0.4, -0.2) is 11.7 Å². The molecule has 0 fully saturated rings. The van der Waals surface area contributed by atoms with E-state index in [0.717, 1.165) is 6.42 Å². The Morgan fingerprint density at radius 1 is 1.22 bits per heavy atom. The first kappa shape index (κ1) is 12.2. The molecular formula is C6H14O2W. The van der Waals surface area contributed by atoms with E-state index in [1.54, 1.807) is 0 Å². The van der Waals surface area contributed by atoms with E-state index in [-0.39, 0.29) is 0 Å². The van der Waals surface area contributed by atoms with Crippen LogP contribution in [0.2, 0.25) is 0 Å². The van der Waals surface area contributed by atoms with Crippen molar-refractivity contribution >= 4 is 0 Å². The van der Waals surface area contributed by atoms with Crippen molar-refractivity contribution < 1.29 is 28.3 Å². The van der Waals surface area contributed by atoms with E-state index in [9.17, 15) is 0 Å². The van der Waals surface area contributed by atoms with E-state index in [0.29, 0.717) is 26.4 Å². The van der Waals surface area contributed by atoms with Gasteiger partial charge in [0.2, 0.25) is 0 Å². The molecule has 0 radical (unpaired) electrons. The van der Waals surface area contributed by atoms with Crippen molar-refractivity contribution in [1.29, 1.82) is 0 Å². The zero-order chi connectivity index (χ0) is 7.54. The number of hydrogen-bond acceptors (Lipinski definition) is 2. The molecule has 0 aromatic heterocycles. The quantitative estimate of drug-likeness (QED) is 0.798. The van der Waals surface area contributed by atoms with Crippen LogP contribution in [0.15, 0.2) is 0 Å². The fourth-order valence-electron chi connectivity index (χ4n) is 0.539. The Labute approximate surface area is 67.9 Å². The normalized spacial score (nSPS) is 7.78. The zero-order valence-electron chi connectivity index (χ0n) is 5.80. The van der Waals surface area contributed by atoms with Gasteiger partial charge in [-0.2, -0.15) is 0 Å². The molecule has 3 heteroatoms. The van der Waals surface area contributed by atoms with Crippen LogP contribution in [0.5, 0.6) is 0 Å². The van der Waals surface area contributed by atoms with Crippen molar-refractivity contribution in [2.24, 2.45) is 0 Å². The summed E-state index contributed by atoms with van der Waals surface area (Å²) in [6, 6.07) is 0. The van der Waals surface area contributed by atoms with Gasteiger partial charge in [-0.15, -0.1) is 0 Å². The Kier molecular flexibility index (Phi) is 21.3. The summed E-state index contributed by atoms with van der Waals surface area (Å²) in [6.45, 7) is 2.53. The summed E-state index contributed by atoms with van der Waals surface area (Å²) in [5, 5.41) is 8.29. The monoisotopic (exact) mass is 302 g/mol. The number of aliphatic hydroxyl groups is 1. The summed E-state index contributed by atoms with van der Waals surface area (Å²) in [5.41, 5.74) is 0. The van der Waals surface area contributed by atoms with Gasteiger partial charge in [0.05, 0.1) is 0 Å². The Balaban J connectivity index is 0. The van der Waals surface area contributed by atoms with Gasteiger partial charge < -0.3 is 5.11 Å². The molecule has 0 unspecified atom stereocenters. The standard InChI is InChI=1S/C6H14O.O.W/c1-2-3-4-5-6-7;;/h7H,2-6H2,1H3;;. The first-order chi connectivity index (χ1) is 4.41. The molecule has 0 aliphatic heterocycles. The van der Waals surface area contributed by atoms with Crippen LogP contribution < -0.4 is 0 Å². The molecule has 0 heterocycles. The summed E-state index contributed by atoms with van der Waals surface area (Å²) in [4.78, 5) is 0. The van der Waals surface area contributed by atoms with Crippen molar-refractivity contribution in [2.45, 2.75) is 32.6 Å². The van der Waals surface area contributed by atoms with Gasteiger partial charge in [0.15, 0.2) is 0 Å². The molecule has 9 heavy (non-hydrogen) atoms. The minimum atomic E-state index is 0.333. The predicted molar refractivity (Wildman–Crippen MR) is 31.9 cm³/mol. The SMILES string of the molecule is CCCCCCO.[O]=[W]. The number of unbranched alkanes of at least 4 members (excludes halogenated alkanes) is 3. The van der Waals surface area contributed by atoms with Crippen molar-refractivity contribution in [3.05, 3.63) is 0 Å². The fraction of sp³-hybridized carbons (Fsp3) is 1.00. The molecule has 0 amide bonds. The van der Waals surface area contributed by atoms with Crippen LogP contribution in [0.3, 0.4) is 0 Å². The molecule has 0 saturated carbocycles. The molecule has 0 aliphatic rings. The van der Waals surface area contributed by atoms with Gasteiger partial charge in [-0.05, 0) is 6.42 Å². The Morgan fingerprint density at radius 2 is 1.78 bits per heavy atom. The second kappa shape index (κ2) is 15.8. The number of aliphatic hydroxyl groups excluding tert-OH is 1. The second-order valence-corrected chi connectivity index (χ2v) is 1.78. The topological polar surface area (TPSA) is 37.3 Å². The molecule has 0 bridgehead atoms. The average Bonchev–Trinajstić information content (AvgIpc) is 1.94. The Hall–Kier alpha value is 0.448. The molecule has 0 atom stereocenters. The van der Waals surface area contributed by atoms with Gasteiger partial charge in [-0.25, -0.2) is 0 Å². The first-order valence-electron chi connectivity index (χ1n) is 3.19. The predicted octanol–water partition coefficient (Wildman–Crippen LogP) is 1.44. The molecule has 0 rings (SSSR count). The van der Waals surface area contributed by atoms with E-state index in [4.69, 9.17) is 8.50 Å². The van der Waals surface area contributed by atoms with Crippen molar-refractivity contribution in [1.82, 2.24) is 0 Å². The molecular weight excluding hydrogens is 288 g/mol. The molecule has 1 N–H and O–H groups in total. The Morgan fingerprint density at radius 3 is 2.11 bits per heavy atom. The third-order valence-corrected chi connectivity index (χ3v) is 1.01. The third-order valence-electron chi connectivity index (χ3n) is 1.01. The van der Waals surface area contributed by atoms with Crippen LogP contribution >= 0.6 is 0 Å². The summed E-state index contributed by atoms with van der Waals surface area (Å²) in [6.07, 6.45) is 4.68. The van der Waals surface area contributed by atoms with Crippen molar-refractivity contribution in [2.75, 3.05) is 6.61 Å². The fourth-order valence-corrected chi connectivity index (χ4v) is 0.539. The van der Waals surface area contributed by atoms with Crippen LogP contribution in [0.25, 0.3) is 0 Å². The summed E-state index contributed by atoms with van der Waals surface area (Å²) < 4.78 is 8.33. The second-order valence-electron chi connectivity index (χ2n) is 1.78. The van der Waals surface area contributed by atoms with Crippen LogP contribution in [-0.2, 0) is 23.2 Å². The van der Waals surface area contributed by atoms with Crippen LogP contribution in [0, 0.1) is 0 Å². The van der Waals surface area contributed by atoms with E-state index < -0.39 is 0 Å². The van der Waals surface area contributed by atoms with Gasteiger partial charge in [0.25, 0.3) is 0 Å². The number of rotatable bonds is 4. The molecule has 0 saturated heterocycles. The first-order valence-corrected chi connectivity index (χ1v) is 4.39. The Bertz CT molecular complexity index is 38.0. The number of hydrogen-bond donors (Lipinski definition) is 1. The van der Waals surface area contributed by atoms with Gasteiger partial charge in [-0.3, -0.25) is 0 Å². The van der Waals surface area contributed by atoms with E-state index in [1.165, 1.54) is 19.3 Å². The molecule has 2 nitrogen and oxygen atoms in total. The molecule has 0 spiro atoms. The summed E-state index contributed by atoms with van der Waals surface area (Å²) in [7, 11) is 0. The zero-order valence-corrected chi connectivity index (χ0v) is 8.73. The van der Waals surface area contributed by atoms with Crippen LogP contribution in [0.4, 0.5) is 0 Å². The third kappa shape index (κ3) is 17.8. The maximum atomic E-state index is 8.33. The molecule has 0 aromatic carbocycles. The molecule has 56 valence electrons. The van der Waals surface area contributed by atoms with E-state index in [1.807, 2.05) is 0 Å².